The molecule has 3 aromatic carbocycles. The number of hydrogen-bond acceptors (Lipinski definition) is 11. The van der Waals surface area contributed by atoms with Crippen LogP contribution in [-0.4, -0.2) is 76.5 Å². The van der Waals surface area contributed by atoms with Gasteiger partial charge in [-0.15, -0.1) is 0 Å². The number of piperidine rings is 1. The Morgan fingerprint density at radius 3 is 2.39 bits per heavy atom. The summed E-state index contributed by atoms with van der Waals surface area (Å²) in [5, 5.41) is 14.9. The van der Waals surface area contributed by atoms with Crippen molar-refractivity contribution < 1.29 is 42.4 Å². The summed E-state index contributed by atoms with van der Waals surface area (Å²) < 4.78 is 39.7. The molecule has 2 aliphatic heterocycles. The minimum atomic E-state index is -2.74. The van der Waals surface area contributed by atoms with Crippen molar-refractivity contribution in [2.24, 2.45) is 5.41 Å². The van der Waals surface area contributed by atoms with E-state index < -0.39 is 51.1 Å². The lowest BCUT2D eigenvalue weighted by Gasteiger charge is -2.70. The molecule has 3 aliphatic carbocycles. The number of ether oxygens (including phenoxy) is 3. The fraction of sp³-hybridized carbons (Fsp3) is 0.400. The maximum absolute atomic E-state index is 13.1. The zero-order chi connectivity index (χ0) is 40.9. The van der Waals surface area contributed by atoms with Gasteiger partial charge in [0.25, 0.3) is 11.8 Å². The molecule has 0 spiro atoms. The first-order valence-corrected chi connectivity index (χ1v) is 20.7. The molecule has 3 aromatic rings. The molecule has 4 N–H and O–H groups in total. The number of halogens is 1. The molecule has 1 saturated heterocycles. The number of benzene rings is 3. The van der Waals surface area contributed by atoms with Crippen LogP contribution in [0.25, 0.3) is 0 Å². The van der Waals surface area contributed by atoms with E-state index in [-0.39, 0.29) is 76.6 Å². The van der Waals surface area contributed by atoms with E-state index in [2.05, 4.69) is 21.4 Å². The van der Waals surface area contributed by atoms with Crippen LogP contribution < -0.4 is 24.8 Å². The van der Waals surface area contributed by atoms with Gasteiger partial charge >= 0.3 is 6.09 Å². The standard InChI is InChI=1S/C40H41ClN6O9S/c1-38(2,24-5-8-27(9-6-24)56-22-39-19-40(20-39,21-39)46-57(3,43)53)25-15-23(18-42)33(30(41)16-25)54-13-4-14-55-37(52)44-26-7-10-28-29(17-26)36(51)47(35(28)50)31-11-12-32(48)45-34(31)49/h5-10,15-17,31H,4,11-14,19-22H2,1-3H3,(H,44,52)(H2,43,46,53)(H,45,48,49). The minimum absolute atomic E-state index is 0.00153. The number of carbonyl (C=O) groups is 5. The summed E-state index contributed by atoms with van der Waals surface area (Å²) in [5.74, 6) is -1.60. The normalized spacial score (nSPS) is 23.3. The summed E-state index contributed by atoms with van der Waals surface area (Å²) in [7, 11) is -2.74. The summed E-state index contributed by atoms with van der Waals surface area (Å²) in [4.78, 5) is 63.2. The summed E-state index contributed by atoms with van der Waals surface area (Å²) in [6, 6.07) is 16.5. The third-order valence-corrected chi connectivity index (χ3v) is 12.1. The molecule has 3 saturated carbocycles. The molecule has 15 nitrogen and oxygen atoms in total. The van der Waals surface area contributed by atoms with E-state index in [4.69, 9.17) is 30.6 Å². The van der Waals surface area contributed by atoms with Crippen molar-refractivity contribution in [3.8, 4) is 17.6 Å². The second-order valence-corrected chi connectivity index (χ2v) is 18.1. The number of amides is 5. The Morgan fingerprint density at radius 2 is 1.72 bits per heavy atom. The maximum Gasteiger partial charge on any atom is 0.411 e. The zero-order valence-electron chi connectivity index (χ0n) is 31.5. The highest BCUT2D eigenvalue weighted by atomic mass is 35.5. The quantitative estimate of drug-likeness (QED) is 0.119. The van der Waals surface area contributed by atoms with Gasteiger partial charge in [-0.3, -0.25) is 34.7 Å². The number of hydrogen-bond donors (Lipinski definition) is 4. The number of imide groups is 2. The third-order valence-electron chi connectivity index (χ3n) is 11.0. The second kappa shape index (κ2) is 14.8. The first-order valence-electron chi connectivity index (χ1n) is 18.3. The monoisotopic (exact) mass is 816 g/mol. The van der Waals surface area contributed by atoms with Crippen LogP contribution in [0.3, 0.4) is 0 Å². The molecule has 8 rings (SSSR count). The largest absolute Gasteiger partial charge is 0.493 e. The number of rotatable bonds is 14. The van der Waals surface area contributed by atoms with Gasteiger partial charge in [-0.1, -0.05) is 37.6 Å². The molecule has 2 atom stereocenters. The molecule has 0 aromatic heterocycles. The molecule has 2 bridgehead atoms. The van der Waals surface area contributed by atoms with E-state index in [0.29, 0.717) is 6.61 Å². The van der Waals surface area contributed by atoms with Gasteiger partial charge in [0.1, 0.15) is 27.8 Å². The topological polar surface area (TPSA) is 217 Å². The smallest absolute Gasteiger partial charge is 0.411 e. The molecule has 57 heavy (non-hydrogen) atoms. The van der Waals surface area contributed by atoms with Crippen LogP contribution in [0.15, 0.2) is 54.6 Å². The number of nitriles is 1. The highest BCUT2D eigenvalue weighted by Gasteiger charge is 2.68. The highest BCUT2D eigenvalue weighted by molar-refractivity contribution is 7.89. The molecular weight excluding hydrogens is 776 g/mol. The van der Waals surface area contributed by atoms with Gasteiger partial charge in [0, 0.05) is 41.2 Å². The fourth-order valence-corrected chi connectivity index (χ4v) is 9.65. The van der Waals surface area contributed by atoms with Crippen LogP contribution in [-0.2, 0) is 29.7 Å². The lowest BCUT2D eigenvalue weighted by Crippen LogP contribution is -2.75. The van der Waals surface area contributed by atoms with Crippen LogP contribution in [0.1, 0.15) is 89.8 Å². The summed E-state index contributed by atoms with van der Waals surface area (Å²) in [6.45, 7) is 4.65. The van der Waals surface area contributed by atoms with Gasteiger partial charge in [-0.2, -0.15) is 5.26 Å². The summed E-state index contributed by atoms with van der Waals surface area (Å²) >= 11 is 6.66. The van der Waals surface area contributed by atoms with Crippen molar-refractivity contribution in [2.45, 2.75) is 69.4 Å². The van der Waals surface area contributed by atoms with Crippen molar-refractivity contribution in [1.29, 1.82) is 10.0 Å². The third kappa shape index (κ3) is 7.92. The molecule has 5 aliphatic rings. The van der Waals surface area contributed by atoms with Crippen molar-refractivity contribution in [3.05, 3.63) is 87.4 Å². The Balaban J connectivity index is 0.879. The second-order valence-electron chi connectivity index (χ2n) is 15.8. The van der Waals surface area contributed by atoms with E-state index in [0.717, 1.165) is 41.0 Å². The summed E-state index contributed by atoms with van der Waals surface area (Å²) in [6.07, 6.45) is 3.45. The van der Waals surface area contributed by atoms with E-state index >= 15 is 0 Å². The Morgan fingerprint density at radius 1 is 1.02 bits per heavy atom. The van der Waals surface area contributed by atoms with Crippen molar-refractivity contribution in [3.63, 3.8) is 0 Å². The molecule has 5 amide bonds. The SMILES string of the molecule is CC(C)(c1ccc(OCC23CC(NS(C)(=N)=O)(C2)C3)cc1)c1cc(Cl)c(OCCCOC(=O)Nc2ccc3c(c2)C(=O)N(C2CCC(=O)NC2=O)C3=O)c(C#N)c1. The van der Waals surface area contributed by atoms with Crippen LogP contribution in [0.5, 0.6) is 11.5 Å². The maximum atomic E-state index is 13.1. The molecule has 4 fully saturated rings. The Hall–Kier alpha value is -5.50. The molecule has 2 heterocycles. The minimum Gasteiger partial charge on any atom is -0.493 e. The Labute approximate surface area is 334 Å². The predicted molar refractivity (Wildman–Crippen MR) is 207 cm³/mol. The Bertz CT molecular complexity index is 2340. The Kier molecular flexibility index (Phi) is 10.3. The highest BCUT2D eigenvalue weighted by Crippen LogP contribution is 2.67. The lowest BCUT2D eigenvalue weighted by atomic mass is 9.40. The van der Waals surface area contributed by atoms with Crippen molar-refractivity contribution >= 4 is 56.9 Å². The first-order chi connectivity index (χ1) is 26.9. The van der Waals surface area contributed by atoms with Gasteiger partial charge in [-0.05, 0) is 79.3 Å². The predicted octanol–water partition coefficient (Wildman–Crippen LogP) is 5.44. The van der Waals surface area contributed by atoms with Gasteiger partial charge in [0.15, 0.2) is 5.75 Å². The number of anilines is 1. The van der Waals surface area contributed by atoms with Crippen LogP contribution in [0, 0.1) is 21.5 Å². The van der Waals surface area contributed by atoms with E-state index in [1.165, 1.54) is 24.5 Å². The molecular formula is C40H41ClN6O9S. The molecule has 0 radical (unpaired) electrons. The van der Waals surface area contributed by atoms with Crippen LogP contribution in [0.2, 0.25) is 5.02 Å². The van der Waals surface area contributed by atoms with Gasteiger partial charge < -0.3 is 14.2 Å². The number of fused-ring (bicyclic) bond motifs is 1. The average Bonchev–Trinajstić information content (AvgIpc) is 3.36. The number of carbonyl (C=O) groups excluding carboxylic acids is 5. The molecule has 2 unspecified atom stereocenters. The first kappa shape index (κ1) is 39.7. The van der Waals surface area contributed by atoms with Gasteiger partial charge in [0.05, 0.1) is 41.5 Å². The molecule has 17 heteroatoms. The van der Waals surface area contributed by atoms with E-state index in [9.17, 15) is 33.4 Å². The number of nitrogens with one attached hydrogen (secondary N) is 4. The lowest BCUT2D eigenvalue weighted by molar-refractivity contribution is -0.162. The average molecular weight is 817 g/mol. The summed E-state index contributed by atoms with van der Waals surface area (Å²) in [5.41, 5.74) is 1.68. The number of nitrogens with zero attached hydrogens (tertiary/aromatic N) is 2. The van der Waals surface area contributed by atoms with Gasteiger partial charge in [0.2, 0.25) is 11.8 Å². The van der Waals surface area contributed by atoms with Crippen LogP contribution >= 0.6 is 11.6 Å². The van der Waals surface area contributed by atoms with E-state index in [1.807, 2.05) is 38.1 Å². The van der Waals surface area contributed by atoms with Crippen LogP contribution in [0.4, 0.5) is 10.5 Å². The molecule has 298 valence electrons. The van der Waals surface area contributed by atoms with Gasteiger partial charge in [-0.25, -0.2) is 18.5 Å². The van der Waals surface area contributed by atoms with E-state index in [1.54, 1.807) is 12.1 Å². The fourth-order valence-electron chi connectivity index (χ4n) is 8.33. The van der Waals surface area contributed by atoms with Crippen molar-refractivity contribution in [2.75, 3.05) is 31.4 Å². The van der Waals surface area contributed by atoms with Crippen molar-refractivity contribution in [1.82, 2.24) is 14.9 Å². The zero-order valence-corrected chi connectivity index (χ0v) is 33.1.